The van der Waals surface area contributed by atoms with Gasteiger partial charge in [-0.15, -0.1) is 10.2 Å². The second-order valence-corrected chi connectivity index (χ2v) is 11.9. The van der Waals surface area contributed by atoms with Gasteiger partial charge in [0.05, 0.1) is 11.8 Å². The van der Waals surface area contributed by atoms with Crippen molar-refractivity contribution in [3.05, 3.63) is 18.0 Å². The van der Waals surface area contributed by atoms with Crippen LogP contribution in [0.3, 0.4) is 0 Å². The second-order valence-electron chi connectivity index (χ2n) is 9.92. The Morgan fingerprint density at radius 1 is 1.25 bits per heavy atom. The lowest BCUT2D eigenvalue weighted by Crippen LogP contribution is -2.33. The summed E-state index contributed by atoms with van der Waals surface area (Å²) in [4.78, 5) is 6.64. The monoisotopic (exact) mass is 464 g/mol. The maximum atomic E-state index is 12.2. The number of pyridine rings is 1. The topological polar surface area (TPSA) is 118 Å². The van der Waals surface area contributed by atoms with E-state index in [1.165, 1.54) is 13.5 Å². The zero-order valence-corrected chi connectivity index (χ0v) is 21.0. The highest BCUT2D eigenvalue weighted by molar-refractivity contribution is 7.92. The summed E-state index contributed by atoms with van der Waals surface area (Å²) in [5.74, 6) is 3.45. The SMILES string of the molecule is CC(C)CCC(C)(N)c1nnc(-c2cc(N(C)CC3CC3C)nc(N(C)S(C)(=O)=O)c2)o1. The van der Waals surface area contributed by atoms with Crippen LogP contribution < -0.4 is 14.9 Å². The third kappa shape index (κ3) is 5.78. The molecule has 32 heavy (non-hydrogen) atoms. The quantitative estimate of drug-likeness (QED) is 0.569. The van der Waals surface area contributed by atoms with Crippen molar-refractivity contribution in [3.8, 4) is 11.5 Å². The van der Waals surface area contributed by atoms with Gasteiger partial charge in [0.2, 0.25) is 21.8 Å². The smallest absolute Gasteiger partial charge is 0.248 e. The van der Waals surface area contributed by atoms with Gasteiger partial charge in [0.15, 0.2) is 0 Å². The molecule has 3 rings (SSSR count). The van der Waals surface area contributed by atoms with Crippen LogP contribution in [0.4, 0.5) is 11.6 Å². The molecular formula is C22H36N6O3S. The molecule has 0 aromatic carbocycles. The Bertz CT molecular complexity index is 1050. The third-order valence-corrected chi connectivity index (χ3v) is 7.38. The number of nitrogens with zero attached hydrogens (tertiary/aromatic N) is 5. The van der Waals surface area contributed by atoms with E-state index in [1.54, 1.807) is 6.07 Å². The van der Waals surface area contributed by atoms with Crippen molar-refractivity contribution in [2.24, 2.45) is 23.5 Å². The van der Waals surface area contributed by atoms with E-state index in [1.807, 2.05) is 24.9 Å². The number of rotatable bonds is 10. The van der Waals surface area contributed by atoms with Crippen molar-refractivity contribution in [1.82, 2.24) is 15.2 Å². The predicted molar refractivity (Wildman–Crippen MR) is 127 cm³/mol. The van der Waals surface area contributed by atoms with Crippen LogP contribution in [0.15, 0.2) is 16.5 Å². The van der Waals surface area contributed by atoms with Crippen LogP contribution in [0.2, 0.25) is 0 Å². The average Bonchev–Trinajstić information content (AvgIpc) is 3.18. The lowest BCUT2D eigenvalue weighted by molar-refractivity contribution is 0.315. The highest BCUT2D eigenvalue weighted by atomic mass is 32.2. The van der Waals surface area contributed by atoms with Gasteiger partial charge in [-0.2, -0.15) is 0 Å². The minimum absolute atomic E-state index is 0.293. The minimum atomic E-state index is -3.48. The van der Waals surface area contributed by atoms with E-state index >= 15 is 0 Å². The Balaban J connectivity index is 1.96. The Morgan fingerprint density at radius 2 is 1.88 bits per heavy atom. The lowest BCUT2D eigenvalue weighted by Gasteiger charge is -2.22. The van der Waals surface area contributed by atoms with Crippen LogP contribution in [-0.2, 0) is 15.6 Å². The third-order valence-electron chi connectivity index (χ3n) is 6.20. The Kier molecular flexibility index (Phi) is 6.86. The van der Waals surface area contributed by atoms with Crippen molar-refractivity contribution in [1.29, 1.82) is 0 Å². The molecule has 0 aliphatic heterocycles. The number of aromatic nitrogens is 3. The molecule has 0 radical (unpaired) electrons. The van der Waals surface area contributed by atoms with Crippen molar-refractivity contribution < 1.29 is 12.8 Å². The molecule has 2 N–H and O–H groups in total. The second kappa shape index (κ2) is 8.97. The fraction of sp³-hybridized carbons (Fsp3) is 0.682. The van der Waals surface area contributed by atoms with Gasteiger partial charge >= 0.3 is 0 Å². The summed E-state index contributed by atoms with van der Waals surface area (Å²) in [7, 11) is -0.0404. The van der Waals surface area contributed by atoms with Gasteiger partial charge in [-0.3, -0.25) is 4.31 Å². The van der Waals surface area contributed by atoms with Crippen LogP contribution in [0.1, 0.15) is 52.8 Å². The summed E-state index contributed by atoms with van der Waals surface area (Å²) in [5, 5.41) is 8.42. The molecule has 9 nitrogen and oxygen atoms in total. The van der Waals surface area contributed by atoms with Crippen molar-refractivity contribution >= 4 is 21.7 Å². The van der Waals surface area contributed by atoms with E-state index < -0.39 is 15.6 Å². The molecule has 2 aromatic heterocycles. The van der Waals surface area contributed by atoms with E-state index in [2.05, 4.69) is 36.0 Å². The standard InChI is InChI=1S/C22H36N6O3S/c1-14(2)8-9-22(4,23)21-26-25-20(31-21)16-11-18(27(5)13-17-10-15(17)3)24-19(12-16)28(6)32(7,29)30/h11-12,14-15,17H,8-10,13,23H2,1-7H3. The maximum absolute atomic E-state index is 12.2. The van der Waals surface area contributed by atoms with Crippen molar-refractivity contribution in [2.75, 3.05) is 36.1 Å². The molecule has 178 valence electrons. The fourth-order valence-corrected chi connectivity index (χ4v) is 3.95. The molecule has 10 heteroatoms. The van der Waals surface area contributed by atoms with Crippen LogP contribution in [0.5, 0.6) is 0 Å². The Morgan fingerprint density at radius 3 is 2.44 bits per heavy atom. The van der Waals surface area contributed by atoms with Gasteiger partial charge in [0.25, 0.3) is 0 Å². The zero-order chi connectivity index (χ0) is 23.8. The van der Waals surface area contributed by atoms with E-state index in [9.17, 15) is 8.42 Å². The summed E-state index contributed by atoms with van der Waals surface area (Å²) in [6, 6.07) is 3.50. The van der Waals surface area contributed by atoms with Crippen molar-refractivity contribution in [2.45, 2.75) is 52.5 Å². The van der Waals surface area contributed by atoms with Gasteiger partial charge in [-0.1, -0.05) is 20.8 Å². The summed E-state index contributed by atoms with van der Waals surface area (Å²) in [6.07, 6.45) is 4.00. The molecule has 1 saturated carbocycles. The summed E-state index contributed by atoms with van der Waals surface area (Å²) < 4.78 is 31.4. The number of hydrogen-bond donors (Lipinski definition) is 1. The van der Waals surface area contributed by atoms with Gasteiger partial charge in [0.1, 0.15) is 11.6 Å². The molecule has 3 atom stereocenters. The first-order chi connectivity index (χ1) is 14.8. The van der Waals surface area contributed by atoms with Crippen molar-refractivity contribution in [3.63, 3.8) is 0 Å². The number of anilines is 2. The first-order valence-electron chi connectivity index (χ1n) is 11.1. The largest absolute Gasteiger partial charge is 0.419 e. The minimum Gasteiger partial charge on any atom is -0.419 e. The number of sulfonamides is 1. The summed E-state index contributed by atoms with van der Waals surface area (Å²) in [6.45, 7) is 9.26. The van der Waals surface area contributed by atoms with Gasteiger partial charge < -0.3 is 15.1 Å². The first-order valence-corrected chi connectivity index (χ1v) is 12.9. The molecule has 0 bridgehead atoms. The van der Waals surface area contributed by atoms with E-state index in [-0.39, 0.29) is 0 Å². The van der Waals surface area contributed by atoms with E-state index in [4.69, 9.17) is 10.2 Å². The lowest BCUT2D eigenvalue weighted by atomic mass is 9.93. The van der Waals surface area contributed by atoms with Crippen LogP contribution in [0, 0.1) is 17.8 Å². The summed E-state index contributed by atoms with van der Waals surface area (Å²) >= 11 is 0. The van der Waals surface area contributed by atoms with Gasteiger partial charge in [-0.25, -0.2) is 13.4 Å². The molecular weight excluding hydrogens is 428 g/mol. The molecule has 1 aliphatic rings. The van der Waals surface area contributed by atoms with Gasteiger partial charge in [-0.05, 0) is 56.1 Å². The highest BCUT2D eigenvalue weighted by Crippen LogP contribution is 2.39. The fourth-order valence-electron chi connectivity index (χ4n) is 3.52. The van der Waals surface area contributed by atoms with E-state index in [0.717, 1.165) is 29.9 Å². The molecule has 0 amide bonds. The molecule has 2 aromatic rings. The van der Waals surface area contributed by atoms with Gasteiger partial charge in [0, 0.05) is 26.2 Å². The molecule has 1 fully saturated rings. The van der Waals surface area contributed by atoms with Crippen LogP contribution >= 0.6 is 0 Å². The summed E-state index contributed by atoms with van der Waals surface area (Å²) in [5.41, 5.74) is 6.33. The van der Waals surface area contributed by atoms with E-state index in [0.29, 0.717) is 46.7 Å². The molecule has 0 saturated heterocycles. The molecule has 2 heterocycles. The first kappa shape index (κ1) is 24.4. The molecule has 0 spiro atoms. The highest BCUT2D eigenvalue weighted by Gasteiger charge is 2.34. The molecule has 1 aliphatic carbocycles. The average molecular weight is 465 g/mol. The Hall–Kier alpha value is -2.20. The molecule has 3 unspecified atom stereocenters. The van der Waals surface area contributed by atoms with Crippen LogP contribution in [-0.4, -0.2) is 50.5 Å². The normalized spacial score (nSPS) is 20.3. The Labute approximate surface area is 191 Å². The number of hydrogen-bond acceptors (Lipinski definition) is 8. The predicted octanol–water partition coefficient (Wildman–Crippen LogP) is 3.23. The zero-order valence-electron chi connectivity index (χ0n) is 20.2. The maximum Gasteiger partial charge on any atom is 0.248 e. The van der Waals surface area contributed by atoms with Crippen LogP contribution in [0.25, 0.3) is 11.5 Å². The number of nitrogens with two attached hydrogens (primary N) is 1.